The molecule has 0 unspecified atom stereocenters. The van der Waals surface area contributed by atoms with Gasteiger partial charge in [-0.1, -0.05) is 18.1 Å². The number of aryl methyl sites for hydroxylation is 1. The molecule has 1 aromatic carbocycles. The van der Waals surface area contributed by atoms with E-state index in [9.17, 15) is 9.59 Å². The molecule has 1 saturated heterocycles. The van der Waals surface area contributed by atoms with Gasteiger partial charge in [-0.3, -0.25) is 9.59 Å². The molecule has 0 bridgehead atoms. The molecule has 2 heterocycles. The molecule has 1 N–H and O–H groups in total. The number of likely N-dealkylation sites (tertiary alicyclic amines) is 1. The summed E-state index contributed by atoms with van der Waals surface area (Å²) < 4.78 is 6.43. The minimum atomic E-state index is -0.459. The summed E-state index contributed by atoms with van der Waals surface area (Å²) in [6.45, 7) is 5.98. The van der Waals surface area contributed by atoms with Crippen molar-refractivity contribution in [3.05, 3.63) is 29.3 Å². The monoisotopic (exact) mass is 382 g/mol. The number of hydrogen-bond donors (Lipinski definition) is 1. The standard InChI is InChI=1S/C23H30N2O3/c1-15-5-6-19-17(13-15)18(26)14-23(28-19)8-7-16-20(21(16)23)22(27)24-9-12-25-10-3-2-4-11-25/h5-6,13,16,20-21H,2-4,7-12,14H2,1H3,(H,24,27)/t16-,20+,21+,23-/m0/s1. The van der Waals surface area contributed by atoms with Gasteiger partial charge in [-0.15, -0.1) is 0 Å². The van der Waals surface area contributed by atoms with Gasteiger partial charge in [0.1, 0.15) is 11.4 Å². The van der Waals surface area contributed by atoms with Crippen molar-refractivity contribution in [3.8, 4) is 5.75 Å². The Morgan fingerprint density at radius 3 is 2.93 bits per heavy atom. The van der Waals surface area contributed by atoms with Gasteiger partial charge in [0, 0.05) is 24.9 Å². The number of rotatable bonds is 4. The molecule has 1 amide bonds. The van der Waals surface area contributed by atoms with Gasteiger partial charge in [-0.05, 0) is 63.7 Å². The Hall–Kier alpha value is -1.88. The summed E-state index contributed by atoms with van der Waals surface area (Å²) in [5.74, 6) is 1.64. The van der Waals surface area contributed by atoms with Crippen molar-refractivity contribution in [2.45, 2.75) is 51.0 Å². The molecular weight excluding hydrogens is 352 g/mol. The van der Waals surface area contributed by atoms with E-state index in [1.165, 1.54) is 19.3 Å². The number of carbonyl (C=O) groups excluding carboxylic acids is 2. The molecule has 4 atom stereocenters. The van der Waals surface area contributed by atoms with E-state index in [2.05, 4.69) is 10.2 Å². The summed E-state index contributed by atoms with van der Waals surface area (Å²) >= 11 is 0. The lowest BCUT2D eigenvalue weighted by atomic mass is 9.84. The second kappa shape index (κ2) is 6.87. The molecule has 4 aliphatic rings. The van der Waals surface area contributed by atoms with Crippen molar-refractivity contribution in [1.82, 2.24) is 10.2 Å². The Morgan fingerprint density at radius 1 is 1.29 bits per heavy atom. The van der Waals surface area contributed by atoms with Crippen LogP contribution in [-0.4, -0.2) is 48.4 Å². The summed E-state index contributed by atoms with van der Waals surface area (Å²) in [6, 6.07) is 5.84. The lowest BCUT2D eigenvalue weighted by Crippen LogP contribution is -2.45. The Morgan fingerprint density at radius 2 is 2.11 bits per heavy atom. The molecule has 0 radical (unpaired) electrons. The Kier molecular flexibility index (Phi) is 4.46. The van der Waals surface area contributed by atoms with E-state index in [1.807, 2.05) is 25.1 Å². The molecular formula is C23H30N2O3. The van der Waals surface area contributed by atoms with E-state index < -0.39 is 5.60 Å². The van der Waals surface area contributed by atoms with E-state index in [-0.39, 0.29) is 23.5 Å². The van der Waals surface area contributed by atoms with Crippen molar-refractivity contribution in [2.24, 2.45) is 17.8 Å². The van der Waals surface area contributed by atoms with Gasteiger partial charge in [-0.25, -0.2) is 0 Å². The van der Waals surface area contributed by atoms with Gasteiger partial charge < -0.3 is 15.0 Å². The van der Waals surface area contributed by atoms with Crippen LogP contribution in [-0.2, 0) is 4.79 Å². The van der Waals surface area contributed by atoms with Crippen molar-refractivity contribution in [1.29, 1.82) is 0 Å². The summed E-state index contributed by atoms with van der Waals surface area (Å²) in [4.78, 5) is 28.0. The second-order valence-electron chi connectivity index (χ2n) is 9.21. The third-order valence-corrected chi connectivity index (χ3v) is 7.36. The van der Waals surface area contributed by atoms with Crippen molar-refractivity contribution < 1.29 is 14.3 Å². The van der Waals surface area contributed by atoms with Crippen LogP contribution in [0.4, 0.5) is 0 Å². The van der Waals surface area contributed by atoms with Crippen molar-refractivity contribution in [2.75, 3.05) is 26.2 Å². The third-order valence-electron chi connectivity index (χ3n) is 7.36. The maximum absolute atomic E-state index is 12.8. The molecule has 5 nitrogen and oxygen atoms in total. The summed E-state index contributed by atoms with van der Waals surface area (Å²) in [5.41, 5.74) is 1.32. The molecule has 1 spiro atoms. The van der Waals surface area contributed by atoms with Crippen LogP contribution in [0.3, 0.4) is 0 Å². The number of hydrogen-bond acceptors (Lipinski definition) is 4. The lowest BCUT2D eigenvalue weighted by molar-refractivity contribution is -0.124. The minimum absolute atomic E-state index is 0.0231. The highest BCUT2D eigenvalue weighted by atomic mass is 16.5. The average molecular weight is 383 g/mol. The molecule has 1 aromatic rings. The van der Waals surface area contributed by atoms with Crippen LogP contribution in [0.2, 0.25) is 0 Å². The van der Waals surface area contributed by atoms with E-state index in [4.69, 9.17) is 4.74 Å². The maximum Gasteiger partial charge on any atom is 0.223 e. The highest BCUT2D eigenvalue weighted by molar-refractivity contribution is 6.01. The van der Waals surface area contributed by atoms with Gasteiger partial charge in [0.25, 0.3) is 0 Å². The highest BCUT2D eigenvalue weighted by Crippen LogP contribution is 2.65. The van der Waals surface area contributed by atoms with E-state index >= 15 is 0 Å². The van der Waals surface area contributed by atoms with Crippen LogP contribution in [0.25, 0.3) is 0 Å². The van der Waals surface area contributed by atoms with Crippen LogP contribution in [0.5, 0.6) is 5.75 Å². The number of amides is 1. The van der Waals surface area contributed by atoms with E-state index in [0.717, 1.165) is 44.6 Å². The fourth-order valence-electron chi connectivity index (χ4n) is 5.92. The number of fused-ring (bicyclic) bond motifs is 3. The number of ketones is 1. The molecule has 0 aromatic heterocycles. The van der Waals surface area contributed by atoms with Gasteiger partial charge in [0.15, 0.2) is 5.78 Å². The number of nitrogens with one attached hydrogen (secondary N) is 1. The number of nitrogens with zero attached hydrogens (tertiary/aromatic N) is 1. The summed E-state index contributed by atoms with van der Waals surface area (Å²) in [7, 11) is 0. The fourth-order valence-corrected chi connectivity index (χ4v) is 5.92. The zero-order valence-corrected chi connectivity index (χ0v) is 16.7. The fraction of sp³-hybridized carbons (Fsp3) is 0.652. The zero-order valence-electron chi connectivity index (χ0n) is 16.7. The van der Waals surface area contributed by atoms with Gasteiger partial charge in [0.05, 0.1) is 12.0 Å². The maximum atomic E-state index is 12.8. The van der Waals surface area contributed by atoms with Crippen molar-refractivity contribution in [3.63, 3.8) is 0 Å². The minimum Gasteiger partial charge on any atom is -0.486 e. The molecule has 150 valence electrons. The molecule has 2 aliphatic carbocycles. The predicted octanol–water partition coefficient (Wildman–Crippen LogP) is 2.96. The molecule has 3 fully saturated rings. The van der Waals surface area contributed by atoms with Gasteiger partial charge in [-0.2, -0.15) is 0 Å². The SMILES string of the molecule is Cc1ccc2c(c1)C(=O)C[C@]1(CC[C@H]3[C@@H](C(=O)NCCN4CCCCC4)[C@@H]31)O2. The predicted molar refractivity (Wildman–Crippen MR) is 106 cm³/mol. The van der Waals surface area contributed by atoms with Crippen molar-refractivity contribution >= 4 is 11.7 Å². The highest BCUT2D eigenvalue weighted by Gasteiger charge is 2.70. The topological polar surface area (TPSA) is 58.6 Å². The molecule has 2 aliphatic heterocycles. The number of benzene rings is 1. The zero-order chi connectivity index (χ0) is 19.3. The summed E-state index contributed by atoms with van der Waals surface area (Å²) in [5, 5.41) is 3.16. The molecule has 2 saturated carbocycles. The smallest absolute Gasteiger partial charge is 0.223 e. The quantitative estimate of drug-likeness (QED) is 0.870. The first-order valence-electron chi connectivity index (χ1n) is 10.9. The van der Waals surface area contributed by atoms with Crippen LogP contribution < -0.4 is 10.1 Å². The van der Waals surface area contributed by atoms with Crippen LogP contribution in [0.15, 0.2) is 18.2 Å². The Labute approximate surface area is 166 Å². The molecule has 5 heteroatoms. The molecule has 5 rings (SSSR count). The Balaban J connectivity index is 1.22. The molecule has 28 heavy (non-hydrogen) atoms. The number of Topliss-reactive ketones (excluding diaryl/α,β-unsaturated/α-hetero) is 1. The Bertz CT molecular complexity index is 801. The van der Waals surface area contributed by atoms with Crippen LogP contribution in [0.1, 0.15) is 54.4 Å². The van der Waals surface area contributed by atoms with Crippen LogP contribution >= 0.6 is 0 Å². The first-order chi connectivity index (χ1) is 13.6. The van der Waals surface area contributed by atoms with Gasteiger partial charge in [0.2, 0.25) is 5.91 Å². The first-order valence-corrected chi connectivity index (χ1v) is 10.9. The number of piperidine rings is 1. The first kappa shape index (κ1) is 18.2. The summed E-state index contributed by atoms with van der Waals surface area (Å²) in [6.07, 6.45) is 6.17. The third kappa shape index (κ3) is 3.04. The van der Waals surface area contributed by atoms with Crippen LogP contribution in [0, 0.1) is 24.7 Å². The van der Waals surface area contributed by atoms with Gasteiger partial charge >= 0.3 is 0 Å². The number of ether oxygens (including phenoxy) is 1. The van der Waals surface area contributed by atoms with E-state index in [1.54, 1.807) is 0 Å². The number of carbonyl (C=O) groups is 2. The normalized spacial score (nSPS) is 33.9. The lowest BCUT2D eigenvalue weighted by Gasteiger charge is -2.37. The van der Waals surface area contributed by atoms with E-state index in [0.29, 0.717) is 23.7 Å². The average Bonchev–Trinajstić information content (AvgIpc) is 3.34. The second-order valence-corrected chi connectivity index (χ2v) is 9.21. The largest absolute Gasteiger partial charge is 0.486 e.